The van der Waals surface area contributed by atoms with E-state index in [0.29, 0.717) is 17.7 Å². The number of pyridine rings is 1. The number of rotatable bonds is 4. The predicted molar refractivity (Wildman–Crippen MR) is 84.3 cm³/mol. The van der Waals surface area contributed by atoms with E-state index in [2.05, 4.69) is 25.3 Å². The zero-order chi connectivity index (χ0) is 15.4. The van der Waals surface area contributed by atoms with Crippen LogP contribution in [0.3, 0.4) is 0 Å². The zero-order valence-electron chi connectivity index (χ0n) is 11.7. The zero-order valence-corrected chi connectivity index (χ0v) is 12.4. The fourth-order valence-corrected chi connectivity index (χ4v) is 2.01. The van der Waals surface area contributed by atoms with Crippen LogP contribution in [0.15, 0.2) is 48.7 Å². The van der Waals surface area contributed by atoms with Gasteiger partial charge in [-0.15, -0.1) is 0 Å². The first-order valence-corrected chi connectivity index (χ1v) is 6.86. The third-order valence-electron chi connectivity index (χ3n) is 2.84. The molecule has 22 heavy (non-hydrogen) atoms. The average molecular weight is 314 g/mol. The van der Waals surface area contributed by atoms with Crippen LogP contribution >= 0.6 is 11.6 Å². The highest BCUT2D eigenvalue weighted by Gasteiger charge is 2.09. The van der Waals surface area contributed by atoms with Gasteiger partial charge in [-0.25, -0.2) is 4.98 Å². The van der Waals surface area contributed by atoms with E-state index in [4.69, 9.17) is 16.3 Å². The molecule has 0 spiro atoms. The molecule has 2 heterocycles. The maximum Gasteiger partial charge on any atom is 0.232 e. The van der Waals surface area contributed by atoms with Crippen molar-refractivity contribution in [3.8, 4) is 17.3 Å². The molecule has 0 aliphatic rings. The maximum absolute atomic E-state index is 5.99. The molecule has 0 radical (unpaired) electrons. The molecule has 6 nitrogen and oxygen atoms in total. The molecule has 0 amide bonds. The second-order valence-electron chi connectivity index (χ2n) is 4.33. The van der Waals surface area contributed by atoms with Gasteiger partial charge in [0.15, 0.2) is 5.82 Å². The van der Waals surface area contributed by atoms with Crippen LogP contribution in [0.25, 0.3) is 11.4 Å². The van der Waals surface area contributed by atoms with Gasteiger partial charge in [-0.3, -0.25) is 0 Å². The number of halogens is 1. The van der Waals surface area contributed by atoms with Gasteiger partial charge in [0, 0.05) is 23.5 Å². The Morgan fingerprint density at radius 2 is 1.86 bits per heavy atom. The molecule has 0 fully saturated rings. The summed E-state index contributed by atoms with van der Waals surface area (Å²) in [7, 11) is 1.55. The summed E-state index contributed by atoms with van der Waals surface area (Å²) in [5, 5.41) is 3.20. The van der Waals surface area contributed by atoms with Crippen LogP contribution in [0, 0.1) is 0 Å². The summed E-state index contributed by atoms with van der Waals surface area (Å²) in [6.07, 6.45) is 1.62. The van der Waals surface area contributed by atoms with E-state index >= 15 is 0 Å². The number of anilines is 2. The first-order valence-electron chi connectivity index (χ1n) is 6.48. The van der Waals surface area contributed by atoms with Crippen LogP contribution in [0.2, 0.25) is 5.28 Å². The van der Waals surface area contributed by atoms with Gasteiger partial charge in [0.05, 0.1) is 7.11 Å². The number of benzene rings is 1. The fraction of sp³-hybridized carbons (Fsp3) is 0.0667. The minimum absolute atomic E-state index is 0.110. The Hall–Kier alpha value is -2.73. The molecule has 0 saturated carbocycles. The average Bonchev–Trinajstić information content (AvgIpc) is 2.55. The third-order valence-corrected chi connectivity index (χ3v) is 3.01. The van der Waals surface area contributed by atoms with Gasteiger partial charge in [-0.1, -0.05) is 18.2 Å². The number of nitrogens with one attached hydrogen (secondary N) is 1. The standard InChI is InChI=1S/C15H12ClN5O/c1-22-12-9-10(7-8-17-12)13-19-14(16)21-15(20-13)18-11-5-3-2-4-6-11/h2-9H,1H3,(H,18,19,20,21). The number of hydrogen-bond acceptors (Lipinski definition) is 6. The topological polar surface area (TPSA) is 72.8 Å². The molecule has 0 aliphatic heterocycles. The van der Waals surface area contributed by atoms with Crippen LogP contribution in [-0.2, 0) is 0 Å². The highest BCUT2D eigenvalue weighted by atomic mass is 35.5. The Labute approximate surface area is 132 Å². The van der Waals surface area contributed by atoms with Gasteiger partial charge in [-0.2, -0.15) is 15.0 Å². The van der Waals surface area contributed by atoms with E-state index in [-0.39, 0.29) is 5.28 Å². The summed E-state index contributed by atoms with van der Waals surface area (Å²) in [5.74, 6) is 1.29. The lowest BCUT2D eigenvalue weighted by atomic mass is 10.2. The smallest absolute Gasteiger partial charge is 0.232 e. The Morgan fingerprint density at radius 1 is 1.05 bits per heavy atom. The molecule has 3 aromatic rings. The summed E-state index contributed by atoms with van der Waals surface area (Å²) < 4.78 is 5.10. The first kappa shape index (κ1) is 14.2. The molecular formula is C15H12ClN5O. The minimum Gasteiger partial charge on any atom is -0.481 e. The molecule has 7 heteroatoms. The van der Waals surface area contributed by atoms with E-state index in [1.165, 1.54) is 0 Å². The quantitative estimate of drug-likeness (QED) is 0.796. The van der Waals surface area contributed by atoms with Gasteiger partial charge in [0.1, 0.15) is 0 Å². The highest BCUT2D eigenvalue weighted by Crippen LogP contribution is 2.22. The van der Waals surface area contributed by atoms with E-state index < -0.39 is 0 Å². The van der Waals surface area contributed by atoms with Gasteiger partial charge < -0.3 is 10.1 Å². The lowest BCUT2D eigenvalue weighted by Gasteiger charge is -2.07. The van der Waals surface area contributed by atoms with Gasteiger partial charge in [-0.05, 0) is 29.8 Å². The summed E-state index contributed by atoms with van der Waals surface area (Å²) >= 11 is 5.99. The number of ether oxygens (including phenoxy) is 1. The monoisotopic (exact) mass is 313 g/mol. The van der Waals surface area contributed by atoms with E-state index in [1.807, 2.05) is 30.3 Å². The Kier molecular flexibility index (Phi) is 4.11. The summed E-state index contributed by atoms with van der Waals surface area (Å²) in [4.78, 5) is 16.7. The molecule has 1 aromatic carbocycles. The minimum atomic E-state index is 0.110. The SMILES string of the molecule is COc1cc(-c2nc(Cl)nc(Nc3ccccc3)n2)ccn1. The van der Waals surface area contributed by atoms with Crippen molar-refractivity contribution in [2.24, 2.45) is 0 Å². The summed E-state index contributed by atoms with van der Waals surface area (Å²) in [5.41, 5.74) is 1.61. The van der Waals surface area contributed by atoms with Crippen LogP contribution < -0.4 is 10.1 Å². The lowest BCUT2D eigenvalue weighted by Crippen LogP contribution is -2.01. The second-order valence-corrected chi connectivity index (χ2v) is 4.67. The van der Waals surface area contributed by atoms with Crippen molar-refractivity contribution in [2.75, 3.05) is 12.4 Å². The molecule has 0 saturated heterocycles. The van der Waals surface area contributed by atoms with Crippen molar-refractivity contribution in [2.45, 2.75) is 0 Å². The number of para-hydroxylation sites is 1. The number of aromatic nitrogens is 4. The number of hydrogen-bond donors (Lipinski definition) is 1. The molecule has 3 rings (SSSR count). The largest absolute Gasteiger partial charge is 0.481 e. The normalized spacial score (nSPS) is 10.3. The predicted octanol–water partition coefficient (Wildman–Crippen LogP) is 3.34. The lowest BCUT2D eigenvalue weighted by molar-refractivity contribution is 0.398. The third kappa shape index (κ3) is 3.29. The van der Waals surface area contributed by atoms with Crippen molar-refractivity contribution in [3.05, 3.63) is 53.9 Å². The Bertz CT molecular complexity index is 782. The maximum atomic E-state index is 5.99. The molecule has 0 atom stereocenters. The molecule has 0 unspecified atom stereocenters. The van der Waals surface area contributed by atoms with Crippen molar-refractivity contribution in [1.82, 2.24) is 19.9 Å². The summed E-state index contributed by atoms with van der Waals surface area (Å²) in [6.45, 7) is 0. The van der Waals surface area contributed by atoms with Crippen LogP contribution in [0.1, 0.15) is 0 Å². The van der Waals surface area contributed by atoms with Gasteiger partial charge in [0.2, 0.25) is 17.1 Å². The number of methoxy groups -OCH3 is 1. The molecule has 2 aromatic heterocycles. The van der Waals surface area contributed by atoms with Crippen molar-refractivity contribution in [3.63, 3.8) is 0 Å². The molecule has 110 valence electrons. The number of nitrogens with zero attached hydrogens (tertiary/aromatic N) is 4. The Balaban J connectivity index is 1.95. The van der Waals surface area contributed by atoms with Crippen LogP contribution in [0.4, 0.5) is 11.6 Å². The second kappa shape index (κ2) is 6.36. The van der Waals surface area contributed by atoms with Gasteiger partial charge >= 0.3 is 0 Å². The van der Waals surface area contributed by atoms with Crippen molar-refractivity contribution >= 4 is 23.2 Å². The first-order chi connectivity index (χ1) is 10.7. The van der Waals surface area contributed by atoms with E-state index in [9.17, 15) is 0 Å². The fourth-order valence-electron chi connectivity index (χ4n) is 1.85. The van der Waals surface area contributed by atoms with Crippen LogP contribution in [-0.4, -0.2) is 27.0 Å². The highest BCUT2D eigenvalue weighted by molar-refractivity contribution is 6.28. The van der Waals surface area contributed by atoms with Gasteiger partial charge in [0.25, 0.3) is 0 Å². The molecular weight excluding hydrogens is 302 g/mol. The molecule has 0 aliphatic carbocycles. The molecule has 0 bridgehead atoms. The summed E-state index contributed by atoms with van der Waals surface area (Å²) in [6, 6.07) is 13.1. The van der Waals surface area contributed by atoms with E-state index in [1.54, 1.807) is 25.4 Å². The molecule has 1 N–H and O–H groups in total. The Morgan fingerprint density at radius 3 is 2.64 bits per heavy atom. The van der Waals surface area contributed by atoms with Crippen molar-refractivity contribution in [1.29, 1.82) is 0 Å². The van der Waals surface area contributed by atoms with Crippen molar-refractivity contribution < 1.29 is 4.74 Å². The van der Waals surface area contributed by atoms with E-state index in [0.717, 1.165) is 11.3 Å². The van der Waals surface area contributed by atoms with Crippen LogP contribution in [0.5, 0.6) is 5.88 Å².